The van der Waals surface area contributed by atoms with Gasteiger partial charge in [-0.25, -0.2) is 9.78 Å². The maximum atomic E-state index is 12.2. The van der Waals surface area contributed by atoms with Gasteiger partial charge in [-0.15, -0.1) is 22.7 Å². The molecule has 0 fully saturated rings. The summed E-state index contributed by atoms with van der Waals surface area (Å²) in [6.07, 6.45) is 0. The first-order valence-corrected chi connectivity index (χ1v) is 10.3. The molecule has 8 heteroatoms. The molecule has 4 aromatic rings. The number of nitrogens with zero attached hydrogens (tertiary/aromatic N) is 1. The molecule has 1 aromatic carbocycles. The van der Waals surface area contributed by atoms with Gasteiger partial charge in [-0.05, 0) is 42.6 Å². The number of thiazole rings is 1. The molecule has 28 heavy (non-hydrogen) atoms. The number of aromatic nitrogens is 1. The van der Waals surface area contributed by atoms with E-state index in [0.29, 0.717) is 10.8 Å². The molecular weight excluding hydrogens is 396 g/mol. The number of ether oxygens (including phenoxy) is 1. The number of carbonyl (C=O) groups excluding carboxylic acids is 2. The highest BCUT2D eigenvalue weighted by atomic mass is 32.1. The molecule has 1 atom stereocenters. The van der Waals surface area contributed by atoms with Gasteiger partial charge in [0.15, 0.2) is 17.4 Å². The number of hydrogen-bond donors (Lipinski definition) is 1. The molecule has 0 bridgehead atoms. The Kier molecular flexibility index (Phi) is 5.23. The molecule has 142 valence electrons. The molecule has 3 aromatic heterocycles. The Balaban J connectivity index is 1.36. The molecule has 0 saturated carbocycles. The van der Waals surface area contributed by atoms with Gasteiger partial charge in [0, 0.05) is 4.88 Å². The highest BCUT2D eigenvalue weighted by molar-refractivity contribution is 7.21. The average molecular weight is 412 g/mol. The van der Waals surface area contributed by atoms with Crippen LogP contribution in [0.5, 0.6) is 0 Å². The minimum atomic E-state index is -0.689. The number of benzene rings is 1. The highest BCUT2D eigenvalue weighted by Crippen LogP contribution is 2.31. The van der Waals surface area contributed by atoms with Crippen molar-refractivity contribution in [3.8, 4) is 10.8 Å². The summed E-state index contributed by atoms with van der Waals surface area (Å²) in [7, 11) is 0. The van der Waals surface area contributed by atoms with Crippen LogP contribution in [-0.4, -0.2) is 23.5 Å². The predicted octanol–water partition coefficient (Wildman–Crippen LogP) is 4.65. The van der Waals surface area contributed by atoms with Crippen molar-refractivity contribution in [3.63, 3.8) is 0 Å². The summed E-state index contributed by atoms with van der Waals surface area (Å²) < 4.78 is 11.7. The van der Waals surface area contributed by atoms with Crippen LogP contribution in [0.2, 0.25) is 0 Å². The Morgan fingerprint density at radius 2 is 2.04 bits per heavy atom. The van der Waals surface area contributed by atoms with Crippen LogP contribution in [0.3, 0.4) is 0 Å². The van der Waals surface area contributed by atoms with Gasteiger partial charge in [-0.1, -0.05) is 18.2 Å². The summed E-state index contributed by atoms with van der Waals surface area (Å²) >= 11 is 3.03. The van der Waals surface area contributed by atoms with Crippen molar-refractivity contribution >= 4 is 44.8 Å². The normalized spacial score (nSPS) is 12.0. The minimum absolute atomic E-state index is 0.0355. The Morgan fingerprint density at radius 3 is 2.82 bits per heavy atom. The number of nitrogens with one attached hydrogen (secondary N) is 1. The lowest BCUT2D eigenvalue weighted by Gasteiger charge is -2.11. The number of furan rings is 1. The van der Waals surface area contributed by atoms with Crippen molar-refractivity contribution in [1.82, 2.24) is 10.3 Å². The molecule has 1 amide bonds. The van der Waals surface area contributed by atoms with Crippen LogP contribution in [0.15, 0.2) is 58.3 Å². The molecule has 0 aliphatic heterocycles. The first-order valence-electron chi connectivity index (χ1n) is 8.56. The van der Waals surface area contributed by atoms with Gasteiger partial charge >= 0.3 is 5.97 Å². The van der Waals surface area contributed by atoms with Crippen LogP contribution in [0.25, 0.3) is 21.0 Å². The van der Waals surface area contributed by atoms with Gasteiger partial charge in [-0.2, -0.15) is 0 Å². The van der Waals surface area contributed by atoms with E-state index in [0.717, 1.165) is 15.1 Å². The van der Waals surface area contributed by atoms with E-state index >= 15 is 0 Å². The molecular formula is C20H16N2O4S2. The van der Waals surface area contributed by atoms with Gasteiger partial charge < -0.3 is 14.5 Å². The number of rotatable bonds is 6. The van der Waals surface area contributed by atoms with E-state index in [1.807, 2.05) is 48.7 Å². The quantitative estimate of drug-likeness (QED) is 0.466. The molecule has 0 aliphatic rings. The zero-order valence-electron chi connectivity index (χ0n) is 14.9. The fraction of sp³-hybridized carbons (Fsp3) is 0.150. The van der Waals surface area contributed by atoms with Crippen LogP contribution in [0.4, 0.5) is 0 Å². The number of hydrogen-bond acceptors (Lipinski definition) is 7. The Labute approximate surface area is 168 Å². The van der Waals surface area contributed by atoms with Crippen LogP contribution >= 0.6 is 22.7 Å². The molecule has 3 heterocycles. The van der Waals surface area contributed by atoms with Crippen molar-refractivity contribution in [1.29, 1.82) is 0 Å². The van der Waals surface area contributed by atoms with Crippen LogP contribution < -0.4 is 5.32 Å². The van der Waals surface area contributed by atoms with Gasteiger partial charge in [0.1, 0.15) is 0 Å². The van der Waals surface area contributed by atoms with Crippen molar-refractivity contribution in [2.75, 3.05) is 6.61 Å². The average Bonchev–Trinajstić information content (AvgIpc) is 3.45. The summed E-state index contributed by atoms with van der Waals surface area (Å²) in [6.45, 7) is 1.51. The molecule has 0 unspecified atom stereocenters. The zero-order valence-corrected chi connectivity index (χ0v) is 16.5. The second-order valence-corrected chi connectivity index (χ2v) is 8.04. The number of para-hydroxylation sites is 1. The van der Waals surface area contributed by atoms with E-state index in [9.17, 15) is 9.59 Å². The Hall–Kier alpha value is -2.97. The highest BCUT2D eigenvalue weighted by Gasteiger charge is 2.18. The Bertz CT molecular complexity index is 1080. The molecule has 1 N–H and O–H groups in total. The van der Waals surface area contributed by atoms with Crippen LogP contribution in [0, 0.1) is 0 Å². The van der Waals surface area contributed by atoms with E-state index in [1.165, 1.54) is 17.4 Å². The van der Waals surface area contributed by atoms with Crippen molar-refractivity contribution in [2.24, 2.45) is 0 Å². The lowest BCUT2D eigenvalue weighted by atomic mass is 10.3. The fourth-order valence-corrected chi connectivity index (χ4v) is 4.30. The third kappa shape index (κ3) is 3.97. The first-order chi connectivity index (χ1) is 13.6. The van der Waals surface area contributed by atoms with E-state index in [1.54, 1.807) is 17.4 Å². The molecule has 0 spiro atoms. The third-order valence-electron chi connectivity index (χ3n) is 3.99. The summed E-state index contributed by atoms with van der Waals surface area (Å²) in [6, 6.07) is 14.7. The number of thiophene rings is 1. The monoisotopic (exact) mass is 412 g/mol. The zero-order chi connectivity index (χ0) is 19.5. The number of esters is 1. The van der Waals surface area contributed by atoms with Gasteiger partial charge in [0.05, 0.1) is 16.3 Å². The summed E-state index contributed by atoms with van der Waals surface area (Å²) in [5, 5.41) is 5.42. The standard InChI is InChI=1S/C20H16N2O4S2/c1-12(16-7-4-10-27-16)21-18(23)11-25-20(24)15-9-8-14(26-15)19-22-13-5-2-3-6-17(13)28-19/h2-10,12H,11H2,1H3,(H,21,23)/t12-/m0/s1. The minimum Gasteiger partial charge on any atom is -0.450 e. The smallest absolute Gasteiger partial charge is 0.374 e. The van der Waals surface area contributed by atoms with E-state index < -0.39 is 5.97 Å². The van der Waals surface area contributed by atoms with Crippen LogP contribution in [0.1, 0.15) is 28.4 Å². The van der Waals surface area contributed by atoms with Gasteiger partial charge in [0.2, 0.25) is 5.76 Å². The summed E-state index contributed by atoms with van der Waals surface area (Å²) in [5.74, 6) is -0.532. The second-order valence-electron chi connectivity index (χ2n) is 6.03. The number of fused-ring (bicyclic) bond motifs is 1. The van der Waals surface area contributed by atoms with Gasteiger partial charge in [-0.3, -0.25) is 4.79 Å². The first kappa shape index (κ1) is 18.4. The van der Waals surface area contributed by atoms with Crippen molar-refractivity contribution in [2.45, 2.75) is 13.0 Å². The lowest BCUT2D eigenvalue weighted by molar-refractivity contribution is -0.124. The summed E-state index contributed by atoms with van der Waals surface area (Å²) in [5.41, 5.74) is 0.875. The molecule has 4 rings (SSSR count). The molecule has 0 aliphatic carbocycles. The topological polar surface area (TPSA) is 81.4 Å². The van der Waals surface area contributed by atoms with Crippen molar-refractivity contribution in [3.05, 3.63) is 64.5 Å². The predicted molar refractivity (Wildman–Crippen MR) is 108 cm³/mol. The van der Waals surface area contributed by atoms with Crippen molar-refractivity contribution < 1.29 is 18.7 Å². The van der Waals surface area contributed by atoms with E-state index in [-0.39, 0.29) is 24.3 Å². The number of amides is 1. The van der Waals surface area contributed by atoms with Crippen LogP contribution in [-0.2, 0) is 9.53 Å². The lowest BCUT2D eigenvalue weighted by Crippen LogP contribution is -2.30. The Morgan fingerprint density at radius 1 is 1.18 bits per heavy atom. The molecule has 6 nitrogen and oxygen atoms in total. The number of carbonyl (C=O) groups is 2. The maximum Gasteiger partial charge on any atom is 0.374 e. The largest absolute Gasteiger partial charge is 0.450 e. The fourth-order valence-electron chi connectivity index (χ4n) is 2.63. The van der Waals surface area contributed by atoms with Gasteiger partial charge in [0.25, 0.3) is 5.91 Å². The SMILES string of the molecule is C[C@H](NC(=O)COC(=O)c1ccc(-c2nc3ccccc3s2)o1)c1cccs1. The second kappa shape index (κ2) is 7.95. The molecule has 0 saturated heterocycles. The maximum absolute atomic E-state index is 12.2. The van der Waals surface area contributed by atoms with E-state index in [4.69, 9.17) is 9.15 Å². The van der Waals surface area contributed by atoms with E-state index in [2.05, 4.69) is 10.3 Å². The summed E-state index contributed by atoms with van der Waals surface area (Å²) in [4.78, 5) is 29.7. The third-order valence-corrected chi connectivity index (χ3v) is 6.10. The molecule has 0 radical (unpaired) electrons.